The van der Waals surface area contributed by atoms with Crippen LogP contribution in [-0.2, 0) is 4.79 Å². The first kappa shape index (κ1) is 18.5. The molecule has 0 aliphatic heterocycles. The number of nitrogens with one attached hydrogen (secondary N) is 1. The van der Waals surface area contributed by atoms with E-state index in [2.05, 4.69) is 21.2 Å². The highest BCUT2D eigenvalue weighted by Gasteiger charge is 2.12. The molecule has 0 aliphatic carbocycles. The Morgan fingerprint density at radius 2 is 2.16 bits per heavy atom. The number of rotatable bonds is 5. The summed E-state index contributed by atoms with van der Waals surface area (Å²) in [6.07, 6.45) is 0. The first-order chi connectivity index (χ1) is 8.28. The molecule has 1 rings (SSSR count). The number of halogens is 3. The first-order valence-electron chi connectivity index (χ1n) is 5.41. The zero-order valence-electron chi connectivity index (χ0n) is 10.7. The Bertz CT molecular complexity index is 436. The summed E-state index contributed by atoms with van der Waals surface area (Å²) in [6.45, 7) is 3.97. The van der Waals surface area contributed by atoms with Gasteiger partial charge in [-0.25, -0.2) is 0 Å². The molecule has 0 saturated carbocycles. The van der Waals surface area contributed by atoms with Crippen molar-refractivity contribution in [3.63, 3.8) is 0 Å². The van der Waals surface area contributed by atoms with E-state index in [1.165, 1.54) is 0 Å². The minimum absolute atomic E-state index is 0. The lowest BCUT2D eigenvalue weighted by Gasteiger charge is -2.19. The van der Waals surface area contributed by atoms with Gasteiger partial charge in [0.2, 0.25) is 0 Å². The quantitative estimate of drug-likeness (QED) is 0.836. The van der Waals surface area contributed by atoms with Crippen molar-refractivity contribution in [1.82, 2.24) is 5.32 Å². The summed E-state index contributed by atoms with van der Waals surface area (Å²) in [4.78, 5) is 11.5. The second-order valence-corrected chi connectivity index (χ2v) is 5.95. The fraction of sp³-hybridized carbons (Fsp3) is 0.417. The maximum Gasteiger partial charge on any atom is 0.258 e. The fourth-order valence-corrected chi connectivity index (χ4v) is 1.84. The highest BCUT2D eigenvalue weighted by molar-refractivity contribution is 9.10. The van der Waals surface area contributed by atoms with Crippen LogP contribution in [0.4, 0.5) is 0 Å². The number of benzene rings is 1. The Morgan fingerprint density at radius 3 is 2.68 bits per heavy atom. The highest BCUT2D eigenvalue weighted by atomic mass is 79.9. The van der Waals surface area contributed by atoms with Gasteiger partial charge in [-0.3, -0.25) is 4.79 Å². The molecule has 7 heteroatoms. The molecule has 0 saturated heterocycles. The minimum Gasteiger partial charge on any atom is -0.482 e. The molecule has 1 aromatic rings. The van der Waals surface area contributed by atoms with Crippen molar-refractivity contribution in [3.05, 3.63) is 27.7 Å². The zero-order chi connectivity index (χ0) is 13.8. The van der Waals surface area contributed by atoms with E-state index in [0.29, 0.717) is 17.3 Å². The predicted molar refractivity (Wildman–Crippen MR) is 83.2 cm³/mol. The largest absolute Gasteiger partial charge is 0.482 e. The Labute approximate surface area is 132 Å². The van der Waals surface area contributed by atoms with Crippen LogP contribution in [0.25, 0.3) is 0 Å². The van der Waals surface area contributed by atoms with Crippen molar-refractivity contribution in [2.75, 3.05) is 13.2 Å². The Morgan fingerprint density at radius 1 is 1.53 bits per heavy atom. The zero-order valence-corrected chi connectivity index (χ0v) is 13.9. The molecule has 0 unspecified atom stereocenters. The fourth-order valence-electron chi connectivity index (χ4n) is 1.11. The maximum absolute atomic E-state index is 11.5. The lowest BCUT2D eigenvalue weighted by atomic mass is 10.1. The molecule has 0 aromatic heterocycles. The standard InChI is InChI=1S/C12H16BrClN2O2.ClH/c1-12(2,15)7-16-11(17)6-18-10-4-3-8(13)5-9(10)14;/h3-5H,6-7,15H2,1-2H3,(H,16,17);1H. The number of carbonyl (C=O) groups excluding carboxylic acids is 1. The number of hydrogen-bond acceptors (Lipinski definition) is 3. The van der Waals surface area contributed by atoms with E-state index in [0.717, 1.165) is 4.47 Å². The van der Waals surface area contributed by atoms with E-state index >= 15 is 0 Å². The summed E-state index contributed by atoms with van der Waals surface area (Å²) >= 11 is 9.25. The summed E-state index contributed by atoms with van der Waals surface area (Å²) in [6, 6.07) is 5.20. The molecule has 4 nitrogen and oxygen atoms in total. The lowest BCUT2D eigenvalue weighted by molar-refractivity contribution is -0.123. The average molecular weight is 372 g/mol. The maximum atomic E-state index is 11.5. The molecule has 19 heavy (non-hydrogen) atoms. The SMILES string of the molecule is CC(C)(N)CNC(=O)COc1ccc(Br)cc1Cl.Cl. The number of amides is 1. The number of nitrogens with two attached hydrogens (primary N) is 1. The van der Waals surface area contributed by atoms with Crippen molar-refractivity contribution in [3.8, 4) is 5.75 Å². The average Bonchev–Trinajstić information content (AvgIpc) is 2.24. The molecule has 3 N–H and O–H groups in total. The third-order valence-corrected chi connectivity index (χ3v) is 2.78. The van der Waals surface area contributed by atoms with Gasteiger partial charge in [0, 0.05) is 16.6 Å². The van der Waals surface area contributed by atoms with Crippen LogP contribution in [0.1, 0.15) is 13.8 Å². The van der Waals surface area contributed by atoms with Crippen LogP contribution in [0, 0.1) is 0 Å². The van der Waals surface area contributed by atoms with Crippen LogP contribution in [0.15, 0.2) is 22.7 Å². The van der Waals surface area contributed by atoms with Crippen LogP contribution in [0.5, 0.6) is 5.75 Å². The van der Waals surface area contributed by atoms with Gasteiger partial charge in [-0.1, -0.05) is 27.5 Å². The number of hydrogen-bond donors (Lipinski definition) is 2. The van der Waals surface area contributed by atoms with Gasteiger partial charge >= 0.3 is 0 Å². The van der Waals surface area contributed by atoms with Crippen LogP contribution in [-0.4, -0.2) is 24.6 Å². The van der Waals surface area contributed by atoms with E-state index in [1.54, 1.807) is 18.2 Å². The third-order valence-electron chi connectivity index (χ3n) is 1.99. The van der Waals surface area contributed by atoms with E-state index in [9.17, 15) is 4.79 Å². The van der Waals surface area contributed by atoms with Crippen LogP contribution in [0.3, 0.4) is 0 Å². The molecule has 0 heterocycles. The summed E-state index contributed by atoms with van der Waals surface area (Å²) < 4.78 is 6.17. The first-order valence-corrected chi connectivity index (χ1v) is 6.58. The minimum atomic E-state index is -0.440. The molecule has 1 aromatic carbocycles. The van der Waals surface area contributed by atoms with Gasteiger partial charge in [-0.05, 0) is 32.0 Å². The number of ether oxygens (including phenoxy) is 1. The van der Waals surface area contributed by atoms with Gasteiger partial charge in [0.15, 0.2) is 6.61 Å². The molecular formula is C12H17BrCl2N2O2. The van der Waals surface area contributed by atoms with Gasteiger partial charge in [-0.2, -0.15) is 0 Å². The van der Waals surface area contributed by atoms with Crippen LogP contribution < -0.4 is 15.8 Å². The lowest BCUT2D eigenvalue weighted by Crippen LogP contribution is -2.46. The van der Waals surface area contributed by atoms with E-state index < -0.39 is 5.54 Å². The van der Waals surface area contributed by atoms with Gasteiger partial charge in [0.1, 0.15) is 5.75 Å². The molecule has 108 valence electrons. The second kappa shape index (κ2) is 7.94. The molecule has 0 atom stereocenters. The van der Waals surface area contributed by atoms with Crippen LogP contribution in [0.2, 0.25) is 5.02 Å². The molecule has 1 amide bonds. The number of carbonyl (C=O) groups is 1. The van der Waals surface area contributed by atoms with Crippen LogP contribution >= 0.6 is 39.9 Å². The highest BCUT2D eigenvalue weighted by Crippen LogP contribution is 2.27. The molecule has 0 bridgehead atoms. The molecular weight excluding hydrogens is 355 g/mol. The van der Waals surface area contributed by atoms with Crippen molar-refractivity contribution in [2.24, 2.45) is 5.73 Å². The van der Waals surface area contributed by atoms with E-state index in [4.69, 9.17) is 22.1 Å². The summed E-state index contributed by atoms with van der Waals surface area (Å²) in [5, 5.41) is 3.14. The molecule has 0 aliphatic rings. The normalized spacial score (nSPS) is 10.6. The third kappa shape index (κ3) is 7.62. The second-order valence-electron chi connectivity index (χ2n) is 4.63. The van der Waals surface area contributed by atoms with Gasteiger partial charge in [0.05, 0.1) is 5.02 Å². The molecule has 0 fully saturated rings. The van der Waals surface area contributed by atoms with E-state index in [-0.39, 0.29) is 24.9 Å². The monoisotopic (exact) mass is 370 g/mol. The van der Waals surface area contributed by atoms with Gasteiger partial charge in [0.25, 0.3) is 5.91 Å². The summed E-state index contributed by atoms with van der Waals surface area (Å²) in [7, 11) is 0. The smallest absolute Gasteiger partial charge is 0.258 e. The van der Waals surface area contributed by atoms with Gasteiger partial charge < -0.3 is 15.8 Å². The van der Waals surface area contributed by atoms with E-state index in [1.807, 2.05) is 13.8 Å². The Kier molecular flexibility index (Phi) is 7.74. The summed E-state index contributed by atoms with van der Waals surface area (Å²) in [5.74, 6) is 0.245. The van der Waals surface area contributed by atoms with Crippen molar-refractivity contribution >= 4 is 45.8 Å². The predicted octanol–water partition coefficient (Wildman–Crippen LogP) is 2.76. The van der Waals surface area contributed by atoms with Crippen molar-refractivity contribution < 1.29 is 9.53 Å². The van der Waals surface area contributed by atoms with Crippen molar-refractivity contribution in [2.45, 2.75) is 19.4 Å². The van der Waals surface area contributed by atoms with Gasteiger partial charge in [-0.15, -0.1) is 12.4 Å². The summed E-state index contributed by atoms with van der Waals surface area (Å²) in [5.41, 5.74) is 5.31. The topological polar surface area (TPSA) is 64.3 Å². The molecule has 0 radical (unpaired) electrons. The molecule has 0 spiro atoms. The Balaban J connectivity index is 0.00000324. The van der Waals surface area contributed by atoms with Crippen molar-refractivity contribution in [1.29, 1.82) is 0 Å². The Hall–Kier alpha value is -0.490.